The number of nitrogens with one attached hydrogen (secondary N) is 1. The second kappa shape index (κ2) is 6.82. The van der Waals surface area contributed by atoms with Crippen molar-refractivity contribution in [3.05, 3.63) is 45.8 Å². The van der Waals surface area contributed by atoms with Gasteiger partial charge in [0, 0.05) is 18.8 Å². The van der Waals surface area contributed by atoms with Crippen LogP contribution < -0.4 is 11.2 Å². The van der Waals surface area contributed by atoms with E-state index in [9.17, 15) is 9.59 Å². The third kappa shape index (κ3) is 3.88. The van der Waals surface area contributed by atoms with Crippen molar-refractivity contribution in [1.82, 2.24) is 9.55 Å². The van der Waals surface area contributed by atoms with Crippen LogP contribution in [0, 0.1) is 0 Å². The summed E-state index contributed by atoms with van der Waals surface area (Å²) in [6, 6.07) is 1.37. The van der Waals surface area contributed by atoms with Crippen LogP contribution in [0.25, 0.3) is 0 Å². The molecule has 0 spiro atoms. The highest BCUT2D eigenvalue weighted by molar-refractivity contribution is 4.82. The van der Waals surface area contributed by atoms with Gasteiger partial charge in [-0.25, -0.2) is 4.79 Å². The van der Waals surface area contributed by atoms with Gasteiger partial charge in [0.05, 0.1) is 0 Å². The van der Waals surface area contributed by atoms with Gasteiger partial charge in [0.1, 0.15) is 0 Å². The van der Waals surface area contributed by atoms with Crippen LogP contribution in [-0.2, 0) is 6.54 Å². The van der Waals surface area contributed by atoms with Crippen molar-refractivity contribution in [3.8, 4) is 0 Å². The van der Waals surface area contributed by atoms with E-state index in [1.165, 1.54) is 16.8 Å². The van der Waals surface area contributed by atoms with Crippen LogP contribution in [-0.4, -0.2) is 9.55 Å². The normalized spacial score (nSPS) is 10.2. The minimum atomic E-state index is -0.321. The molecule has 0 aromatic carbocycles. The SMILES string of the molecule is C=CCCCCCCn1c(=O)cc[nH]c1=O. The van der Waals surface area contributed by atoms with Gasteiger partial charge < -0.3 is 4.98 Å². The van der Waals surface area contributed by atoms with Crippen molar-refractivity contribution in [2.24, 2.45) is 0 Å². The zero-order chi connectivity index (χ0) is 11.8. The Morgan fingerprint density at radius 2 is 2.00 bits per heavy atom. The molecule has 1 rings (SSSR count). The van der Waals surface area contributed by atoms with Crippen LogP contribution in [0.15, 0.2) is 34.5 Å². The molecular weight excluding hydrogens is 204 g/mol. The Bertz CT molecular complexity index is 403. The second-order valence-corrected chi connectivity index (χ2v) is 3.76. The predicted octanol–water partition coefficient (Wildman–Crippen LogP) is 1.67. The van der Waals surface area contributed by atoms with Crippen molar-refractivity contribution < 1.29 is 0 Å². The van der Waals surface area contributed by atoms with Crippen molar-refractivity contribution in [2.45, 2.75) is 38.6 Å². The molecule has 16 heavy (non-hydrogen) atoms. The Hall–Kier alpha value is -1.58. The van der Waals surface area contributed by atoms with Gasteiger partial charge in [-0.3, -0.25) is 9.36 Å². The van der Waals surface area contributed by atoms with E-state index in [2.05, 4.69) is 11.6 Å². The predicted molar refractivity (Wildman–Crippen MR) is 64.6 cm³/mol. The largest absolute Gasteiger partial charge is 0.328 e. The Morgan fingerprint density at radius 3 is 2.69 bits per heavy atom. The Balaban J connectivity index is 2.35. The molecule has 0 aliphatic rings. The lowest BCUT2D eigenvalue weighted by molar-refractivity contribution is 0.545. The standard InChI is InChI=1S/C12H18N2O2/c1-2-3-4-5-6-7-10-14-11(15)8-9-13-12(14)16/h2,8-9H,1,3-7,10H2,(H,13,16). The van der Waals surface area contributed by atoms with Gasteiger partial charge in [-0.1, -0.05) is 18.9 Å². The smallest absolute Gasteiger partial charge is 0.314 e. The van der Waals surface area contributed by atoms with Gasteiger partial charge in [-0.15, -0.1) is 6.58 Å². The molecule has 1 N–H and O–H groups in total. The van der Waals surface area contributed by atoms with Crippen LogP contribution in [0.4, 0.5) is 0 Å². The molecule has 4 heteroatoms. The van der Waals surface area contributed by atoms with E-state index in [0.29, 0.717) is 6.54 Å². The Morgan fingerprint density at radius 1 is 1.25 bits per heavy atom. The summed E-state index contributed by atoms with van der Waals surface area (Å²) in [5, 5.41) is 0. The van der Waals surface area contributed by atoms with Crippen LogP contribution in [0.2, 0.25) is 0 Å². The number of hydrogen-bond acceptors (Lipinski definition) is 2. The number of aromatic amines is 1. The van der Waals surface area contributed by atoms with Crippen molar-refractivity contribution in [1.29, 1.82) is 0 Å². The van der Waals surface area contributed by atoms with E-state index in [0.717, 1.165) is 32.1 Å². The maximum absolute atomic E-state index is 11.3. The third-order valence-electron chi connectivity index (χ3n) is 2.48. The molecule has 1 aromatic rings. The molecule has 0 atom stereocenters. The van der Waals surface area contributed by atoms with E-state index in [1.54, 1.807) is 0 Å². The number of rotatable bonds is 7. The lowest BCUT2D eigenvalue weighted by Crippen LogP contribution is -2.33. The van der Waals surface area contributed by atoms with Gasteiger partial charge >= 0.3 is 5.69 Å². The quantitative estimate of drug-likeness (QED) is 0.563. The number of nitrogens with zero attached hydrogens (tertiary/aromatic N) is 1. The first kappa shape index (κ1) is 12.5. The second-order valence-electron chi connectivity index (χ2n) is 3.76. The highest BCUT2D eigenvalue weighted by atomic mass is 16.2. The summed E-state index contributed by atoms with van der Waals surface area (Å²) in [6.45, 7) is 4.16. The molecule has 0 fully saturated rings. The Kier molecular flexibility index (Phi) is 5.32. The first-order valence-electron chi connectivity index (χ1n) is 5.65. The summed E-state index contributed by atoms with van der Waals surface area (Å²) in [4.78, 5) is 25.1. The molecule has 1 aromatic heterocycles. The molecule has 4 nitrogen and oxygen atoms in total. The minimum Gasteiger partial charge on any atom is -0.314 e. The first-order chi connectivity index (χ1) is 7.75. The maximum atomic E-state index is 11.3. The summed E-state index contributed by atoms with van der Waals surface area (Å²) in [5.74, 6) is 0. The highest BCUT2D eigenvalue weighted by Gasteiger charge is 1.98. The Labute approximate surface area is 94.6 Å². The molecule has 0 saturated carbocycles. The van der Waals surface area contributed by atoms with E-state index < -0.39 is 0 Å². The van der Waals surface area contributed by atoms with Crippen LogP contribution in [0.3, 0.4) is 0 Å². The van der Waals surface area contributed by atoms with E-state index in [-0.39, 0.29) is 11.2 Å². The van der Waals surface area contributed by atoms with Crippen molar-refractivity contribution in [2.75, 3.05) is 0 Å². The summed E-state index contributed by atoms with van der Waals surface area (Å²) in [7, 11) is 0. The maximum Gasteiger partial charge on any atom is 0.328 e. The number of aromatic nitrogens is 2. The number of H-pyrrole nitrogens is 1. The molecule has 0 radical (unpaired) electrons. The van der Waals surface area contributed by atoms with Gasteiger partial charge in [-0.2, -0.15) is 0 Å². The molecule has 0 unspecified atom stereocenters. The number of hydrogen-bond donors (Lipinski definition) is 1. The molecule has 1 heterocycles. The number of unbranched alkanes of at least 4 members (excludes halogenated alkanes) is 4. The third-order valence-corrected chi connectivity index (χ3v) is 2.48. The topological polar surface area (TPSA) is 54.9 Å². The zero-order valence-corrected chi connectivity index (χ0v) is 9.45. The molecule has 0 amide bonds. The van der Waals surface area contributed by atoms with Gasteiger partial charge in [0.25, 0.3) is 5.56 Å². The summed E-state index contributed by atoms with van der Waals surface area (Å²) in [5.41, 5.74) is -0.548. The van der Waals surface area contributed by atoms with Crippen LogP contribution in [0.1, 0.15) is 32.1 Å². The van der Waals surface area contributed by atoms with E-state index in [4.69, 9.17) is 0 Å². The molecular formula is C12H18N2O2. The molecule has 0 aliphatic heterocycles. The number of allylic oxidation sites excluding steroid dienone is 1. The monoisotopic (exact) mass is 222 g/mol. The summed E-state index contributed by atoms with van der Waals surface area (Å²) in [6.07, 6.45) is 8.47. The summed E-state index contributed by atoms with van der Waals surface area (Å²) < 4.78 is 1.24. The van der Waals surface area contributed by atoms with Crippen molar-refractivity contribution >= 4 is 0 Å². The fourth-order valence-electron chi connectivity index (χ4n) is 1.58. The molecule has 0 saturated heterocycles. The lowest BCUT2D eigenvalue weighted by Gasteiger charge is -2.03. The molecule has 0 bridgehead atoms. The van der Waals surface area contributed by atoms with Crippen LogP contribution >= 0.6 is 0 Å². The minimum absolute atomic E-state index is 0.227. The average Bonchev–Trinajstić information content (AvgIpc) is 2.26. The molecule has 0 aliphatic carbocycles. The highest BCUT2D eigenvalue weighted by Crippen LogP contribution is 2.03. The van der Waals surface area contributed by atoms with Gasteiger partial charge in [-0.05, 0) is 19.3 Å². The average molecular weight is 222 g/mol. The van der Waals surface area contributed by atoms with Gasteiger partial charge in [0.15, 0.2) is 0 Å². The fraction of sp³-hybridized carbons (Fsp3) is 0.500. The fourth-order valence-corrected chi connectivity index (χ4v) is 1.58. The van der Waals surface area contributed by atoms with E-state index in [1.807, 2.05) is 6.08 Å². The first-order valence-corrected chi connectivity index (χ1v) is 5.65. The summed E-state index contributed by atoms with van der Waals surface area (Å²) >= 11 is 0. The molecule has 88 valence electrons. The van der Waals surface area contributed by atoms with E-state index >= 15 is 0 Å². The van der Waals surface area contributed by atoms with Gasteiger partial charge in [0.2, 0.25) is 0 Å². The zero-order valence-electron chi connectivity index (χ0n) is 9.45. The van der Waals surface area contributed by atoms with Crippen molar-refractivity contribution in [3.63, 3.8) is 0 Å². The lowest BCUT2D eigenvalue weighted by atomic mass is 10.1. The van der Waals surface area contributed by atoms with Crippen LogP contribution in [0.5, 0.6) is 0 Å².